The maximum absolute atomic E-state index is 6.93. The van der Waals surface area contributed by atoms with Crippen LogP contribution in [0.15, 0.2) is 188 Å². The summed E-state index contributed by atoms with van der Waals surface area (Å²) < 4.78 is 6.93. The van der Waals surface area contributed by atoms with Gasteiger partial charge in [0.25, 0.3) is 0 Å². The molecule has 0 spiro atoms. The molecule has 11 rings (SSSR count). The van der Waals surface area contributed by atoms with E-state index in [2.05, 4.69) is 163 Å². The molecule has 0 N–H and O–H groups in total. The van der Waals surface area contributed by atoms with E-state index >= 15 is 0 Å². The number of hydrogen-bond acceptors (Lipinski definition) is 4. The first-order valence-electron chi connectivity index (χ1n) is 18.1. The molecule has 1 aliphatic carbocycles. The highest BCUT2D eigenvalue weighted by Crippen LogP contribution is 2.51. The monoisotopic (exact) mass is 680 g/mol. The largest absolute Gasteiger partial charge is 0.484 e. The van der Waals surface area contributed by atoms with Crippen molar-refractivity contribution in [2.45, 2.75) is 12.0 Å². The van der Waals surface area contributed by atoms with Gasteiger partial charge in [-0.25, -0.2) is 0 Å². The highest BCUT2D eigenvalue weighted by molar-refractivity contribution is 6.13. The molecule has 2 aliphatic rings. The number of nitrogens with zero attached hydrogens (tertiary/aromatic N) is 4. The van der Waals surface area contributed by atoms with Crippen molar-refractivity contribution in [1.29, 1.82) is 0 Å². The number of hydrogen-bond donors (Lipinski definition) is 0. The number of fused-ring (bicyclic) bond motifs is 10. The number of anilines is 2. The van der Waals surface area contributed by atoms with E-state index in [0.717, 1.165) is 44.9 Å². The number of benzene rings is 8. The van der Waals surface area contributed by atoms with E-state index in [1.807, 2.05) is 24.3 Å². The molecule has 2 unspecified atom stereocenters. The summed E-state index contributed by atoms with van der Waals surface area (Å²) in [6.07, 6.45) is 6.74. The molecule has 2 atom stereocenters. The average Bonchev–Trinajstić information content (AvgIpc) is 3.84. The molecule has 9 aromatic rings. The molecule has 5 heteroatoms. The third-order valence-electron chi connectivity index (χ3n) is 10.8. The number of allylic oxidation sites excluding steroid dienone is 1. The van der Waals surface area contributed by atoms with Crippen LogP contribution in [0.5, 0.6) is 5.75 Å². The second-order valence-electron chi connectivity index (χ2n) is 13.8. The molecule has 1 aliphatic heterocycles. The number of aromatic nitrogens is 3. The molecule has 0 amide bonds. The van der Waals surface area contributed by atoms with Gasteiger partial charge in [0.15, 0.2) is 0 Å². The lowest BCUT2D eigenvalue weighted by Crippen LogP contribution is -2.24. The predicted molar refractivity (Wildman–Crippen MR) is 216 cm³/mol. The minimum Gasteiger partial charge on any atom is -0.484 e. The quantitative estimate of drug-likeness (QED) is 0.170. The molecule has 1 aromatic heterocycles. The zero-order valence-electron chi connectivity index (χ0n) is 28.7. The summed E-state index contributed by atoms with van der Waals surface area (Å²) in [5.74, 6) is 1.11. The van der Waals surface area contributed by atoms with Crippen LogP contribution in [0.2, 0.25) is 0 Å². The first-order valence-corrected chi connectivity index (χ1v) is 18.1. The Balaban J connectivity index is 1.000. The first-order chi connectivity index (χ1) is 26.2. The molecular weight excluding hydrogens is 649 g/mol. The minimum absolute atomic E-state index is 0.114. The van der Waals surface area contributed by atoms with E-state index in [0.29, 0.717) is 0 Å². The zero-order valence-corrected chi connectivity index (χ0v) is 28.7. The standard InChI is InChI=1S/C48H32N4O/c1-2-10-33-29-34(18-17-31(33)9-1)32-19-21-35(22-20-32)51(36-23-25-37(26-24-36)52-49-44-15-7-8-16-45(44)50-52)38-27-28-43-46(30-38)53-48-42-14-6-4-12-40(42)39-11-3-5-13-41(39)47(43)48/h1-30,43,46H. The average molecular weight is 681 g/mol. The normalized spacial score (nSPS) is 16.1. The molecular formula is C48H32N4O. The Morgan fingerprint density at radius 3 is 1.85 bits per heavy atom. The van der Waals surface area contributed by atoms with Crippen molar-refractivity contribution in [1.82, 2.24) is 15.0 Å². The van der Waals surface area contributed by atoms with Gasteiger partial charge < -0.3 is 9.64 Å². The molecule has 0 bridgehead atoms. The van der Waals surface area contributed by atoms with E-state index < -0.39 is 0 Å². The number of rotatable bonds is 5. The van der Waals surface area contributed by atoms with Crippen LogP contribution in [0.3, 0.4) is 0 Å². The molecule has 250 valence electrons. The van der Waals surface area contributed by atoms with Gasteiger partial charge in [0.1, 0.15) is 22.9 Å². The molecule has 8 aromatic carbocycles. The lowest BCUT2D eigenvalue weighted by molar-refractivity contribution is 0.270. The van der Waals surface area contributed by atoms with Gasteiger partial charge in [-0.2, -0.15) is 4.80 Å². The molecule has 0 saturated heterocycles. The van der Waals surface area contributed by atoms with Crippen LogP contribution in [0.25, 0.3) is 60.2 Å². The highest BCUT2D eigenvalue weighted by Gasteiger charge is 2.37. The van der Waals surface area contributed by atoms with Crippen LogP contribution >= 0.6 is 0 Å². The van der Waals surface area contributed by atoms with E-state index in [1.165, 1.54) is 43.6 Å². The zero-order chi connectivity index (χ0) is 34.9. The van der Waals surface area contributed by atoms with E-state index in [1.54, 1.807) is 4.80 Å². The Labute approximate surface area is 306 Å². The summed E-state index contributed by atoms with van der Waals surface area (Å²) in [4.78, 5) is 4.02. The first kappa shape index (κ1) is 29.7. The van der Waals surface area contributed by atoms with Gasteiger partial charge >= 0.3 is 0 Å². The van der Waals surface area contributed by atoms with Crippen molar-refractivity contribution in [2.24, 2.45) is 0 Å². The topological polar surface area (TPSA) is 43.2 Å². The lowest BCUT2D eigenvalue weighted by Gasteiger charge is -2.30. The van der Waals surface area contributed by atoms with Crippen LogP contribution in [-0.2, 0) is 0 Å². The van der Waals surface area contributed by atoms with Gasteiger partial charge in [0, 0.05) is 33.9 Å². The second-order valence-corrected chi connectivity index (χ2v) is 13.8. The maximum Gasteiger partial charge on any atom is 0.132 e. The Bertz CT molecular complexity index is 2910. The molecule has 5 nitrogen and oxygen atoms in total. The van der Waals surface area contributed by atoms with Crippen molar-refractivity contribution in [3.8, 4) is 22.6 Å². The van der Waals surface area contributed by atoms with Crippen LogP contribution < -0.4 is 9.64 Å². The van der Waals surface area contributed by atoms with E-state index in [-0.39, 0.29) is 12.0 Å². The fourth-order valence-electron chi connectivity index (χ4n) is 8.22. The van der Waals surface area contributed by atoms with Crippen molar-refractivity contribution in [3.05, 3.63) is 193 Å². The lowest BCUT2D eigenvalue weighted by atomic mass is 9.85. The Hall–Kier alpha value is -6.98. The van der Waals surface area contributed by atoms with Gasteiger partial charge in [-0.05, 0) is 105 Å². The van der Waals surface area contributed by atoms with Gasteiger partial charge in [-0.1, -0.05) is 115 Å². The summed E-state index contributed by atoms with van der Waals surface area (Å²) >= 11 is 0. The van der Waals surface area contributed by atoms with Gasteiger partial charge in [-0.3, -0.25) is 0 Å². The third-order valence-corrected chi connectivity index (χ3v) is 10.8. The van der Waals surface area contributed by atoms with Crippen molar-refractivity contribution < 1.29 is 4.74 Å². The minimum atomic E-state index is -0.140. The molecule has 2 heterocycles. The van der Waals surface area contributed by atoms with Crippen LogP contribution in [0.4, 0.5) is 11.4 Å². The van der Waals surface area contributed by atoms with Crippen molar-refractivity contribution in [2.75, 3.05) is 4.90 Å². The third kappa shape index (κ3) is 4.85. The van der Waals surface area contributed by atoms with Crippen LogP contribution in [0.1, 0.15) is 11.5 Å². The molecule has 53 heavy (non-hydrogen) atoms. The summed E-state index contributed by atoms with van der Waals surface area (Å²) in [6, 6.07) is 57.8. The van der Waals surface area contributed by atoms with Gasteiger partial charge in [0.2, 0.25) is 0 Å². The number of ether oxygens (including phenoxy) is 1. The van der Waals surface area contributed by atoms with Crippen LogP contribution in [-0.4, -0.2) is 21.1 Å². The highest BCUT2D eigenvalue weighted by atomic mass is 16.5. The van der Waals surface area contributed by atoms with Gasteiger partial charge in [-0.15, -0.1) is 10.2 Å². The Morgan fingerprint density at radius 1 is 0.528 bits per heavy atom. The summed E-state index contributed by atoms with van der Waals surface area (Å²) in [7, 11) is 0. The van der Waals surface area contributed by atoms with Crippen LogP contribution in [0, 0.1) is 0 Å². The maximum atomic E-state index is 6.93. The van der Waals surface area contributed by atoms with Crippen molar-refractivity contribution in [3.63, 3.8) is 0 Å². The fraction of sp³-hybridized carbons (Fsp3) is 0.0417. The summed E-state index contributed by atoms with van der Waals surface area (Å²) in [5.41, 5.74) is 9.43. The predicted octanol–water partition coefficient (Wildman–Crippen LogP) is 11.7. The second kappa shape index (κ2) is 11.8. The molecule has 0 saturated carbocycles. The summed E-state index contributed by atoms with van der Waals surface area (Å²) in [5, 5.41) is 16.8. The Morgan fingerprint density at radius 2 is 1.11 bits per heavy atom. The smallest absolute Gasteiger partial charge is 0.132 e. The summed E-state index contributed by atoms with van der Waals surface area (Å²) in [6.45, 7) is 0. The Kier molecular flexibility index (Phi) is 6.61. The van der Waals surface area contributed by atoms with E-state index in [9.17, 15) is 0 Å². The van der Waals surface area contributed by atoms with Gasteiger partial charge in [0.05, 0.1) is 5.69 Å². The van der Waals surface area contributed by atoms with E-state index in [4.69, 9.17) is 14.9 Å². The van der Waals surface area contributed by atoms with Crippen molar-refractivity contribution >= 4 is 54.7 Å². The molecule has 0 radical (unpaired) electrons. The fourth-order valence-corrected chi connectivity index (χ4v) is 8.22. The molecule has 0 fully saturated rings. The SMILES string of the molecule is C1=CC2c3c(c4ccccc4c4ccccc34)OC2C=C1N(c1ccc(-c2ccc3ccccc3c2)cc1)c1ccc(-n2nc3ccccc3n2)cc1.